The zero-order valence-corrected chi connectivity index (χ0v) is 8.67. The van der Waals surface area contributed by atoms with Crippen molar-refractivity contribution in [1.29, 1.82) is 0 Å². The van der Waals surface area contributed by atoms with Gasteiger partial charge in [-0.25, -0.2) is 4.99 Å². The fourth-order valence-corrected chi connectivity index (χ4v) is 0.771. The zero-order valence-electron chi connectivity index (χ0n) is 8.67. The van der Waals surface area contributed by atoms with Crippen LogP contribution in [0.3, 0.4) is 0 Å². The Morgan fingerprint density at radius 3 is 2.53 bits per heavy atom. The SMILES string of the molecule is C#CCCN(C)C=N/C(=C/C)C(F)(F)F. The van der Waals surface area contributed by atoms with E-state index in [0.717, 1.165) is 12.4 Å². The molecule has 0 aliphatic heterocycles. The highest BCUT2D eigenvalue weighted by atomic mass is 19.4. The lowest BCUT2D eigenvalue weighted by Gasteiger charge is -2.11. The van der Waals surface area contributed by atoms with Crippen LogP contribution in [0, 0.1) is 12.3 Å². The first-order valence-electron chi connectivity index (χ1n) is 4.33. The highest BCUT2D eigenvalue weighted by Crippen LogP contribution is 2.25. The Kier molecular flexibility index (Phi) is 5.53. The normalized spacial score (nSPS) is 12.9. The quantitative estimate of drug-likeness (QED) is 0.402. The fourth-order valence-electron chi connectivity index (χ4n) is 0.771. The molecule has 0 unspecified atom stereocenters. The van der Waals surface area contributed by atoms with Crippen molar-refractivity contribution in [2.24, 2.45) is 4.99 Å². The molecular formula is C10H13F3N2. The van der Waals surface area contributed by atoms with E-state index in [2.05, 4.69) is 10.9 Å². The molecule has 0 aromatic heterocycles. The predicted octanol–water partition coefficient (Wildman–Crippen LogP) is 2.44. The molecule has 0 radical (unpaired) electrons. The van der Waals surface area contributed by atoms with Crippen molar-refractivity contribution in [2.75, 3.05) is 13.6 Å². The number of alkyl halides is 3. The minimum Gasteiger partial charge on any atom is -0.365 e. The summed E-state index contributed by atoms with van der Waals surface area (Å²) in [6.07, 6.45) is 3.13. The van der Waals surface area contributed by atoms with Crippen LogP contribution in [-0.2, 0) is 0 Å². The number of hydrogen-bond donors (Lipinski definition) is 0. The van der Waals surface area contributed by atoms with Crippen LogP contribution in [0.4, 0.5) is 13.2 Å². The molecule has 5 heteroatoms. The molecule has 2 nitrogen and oxygen atoms in total. The zero-order chi connectivity index (χ0) is 11.9. The van der Waals surface area contributed by atoms with Gasteiger partial charge in [-0.15, -0.1) is 12.3 Å². The highest BCUT2D eigenvalue weighted by Gasteiger charge is 2.32. The van der Waals surface area contributed by atoms with Crippen LogP contribution in [-0.4, -0.2) is 31.0 Å². The van der Waals surface area contributed by atoms with Crippen molar-refractivity contribution in [2.45, 2.75) is 19.5 Å². The Hall–Kier alpha value is -1.44. The molecule has 0 atom stereocenters. The lowest BCUT2D eigenvalue weighted by atomic mass is 10.4. The van der Waals surface area contributed by atoms with E-state index in [1.807, 2.05) is 0 Å². The van der Waals surface area contributed by atoms with Gasteiger partial charge in [0.15, 0.2) is 0 Å². The second kappa shape index (κ2) is 6.12. The van der Waals surface area contributed by atoms with Gasteiger partial charge in [0.1, 0.15) is 5.70 Å². The van der Waals surface area contributed by atoms with E-state index in [1.54, 1.807) is 7.05 Å². The summed E-state index contributed by atoms with van der Waals surface area (Å²) in [6.45, 7) is 1.77. The summed E-state index contributed by atoms with van der Waals surface area (Å²) < 4.78 is 36.6. The van der Waals surface area contributed by atoms with Crippen molar-refractivity contribution in [3.63, 3.8) is 0 Å². The van der Waals surface area contributed by atoms with Gasteiger partial charge in [0, 0.05) is 20.0 Å². The molecule has 0 aliphatic carbocycles. The van der Waals surface area contributed by atoms with Gasteiger partial charge in [0.25, 0.3) is 0 Å². The van der Waals surface area contributed by atoms with Crippen LogP contribution in [0.15, 0.2) is 16.8 Å². The first kappa shape index (κ1) is 13.6. The molecule has 0 bridgehead atoms. The molecule has 0 heterocycles. The van der Waals surface area contributed by atoms with E-state index in [-0.39, 0.29) is 0 Å². The summed E-state index contributed by atoms with van der Waals surface area (Å²) in [5, 5.41) is 0. The van der Waals surface area contributed by atoms with Crippen LogP contribution in [0.1, 0.15) is 13.3 Å². The average Bonchev–Trinajstić information content (AvgIpc) is 2.13. The fraction of sp³-hybridized carbons (Fsp3) is 0.500. The number of nitrogens with zero attached hydrogens (tertiary/aromatic N) is 2. The number of rotatable bonds is 4. The largest absolute Gasteiger partial charge is 0.433 e. The molecule has 84 valence electrons. The molecule has 0 aromatic rings. The highest BCUT2D eigenvalue weighted by molar-refractivity contribution is 5.56. The Morgan fingerprint density at radius 1 is 1.53 bits per heavy atom. The second-order valence-electron chi connectivity index (χ2n) is 2.85. The van der Waals surface area contributed by atoms with Gasteiger partial charge in [-0.1, -0.05) is 6.08 Å². The van der Waals surface area contributed by atoms with Crippen LogP contribution >= 0.6 is 0 Å². The Labute approximate surface area is 87.5 Å². The van der Waals surface area contributed by atoms with Crippen molar-refractivity contribution in [3.05, 3.63) is 11.8 Å². The van der Waals surface area contributed by atoms with Gasteiger partial charge in [-0.05, 0) is 6.92 Å². The number of terminal acetylenes is 1. The van der Waals surface area contributed by atoms with Gasteiger partial charge in [0.2, 0.25) is 0 Å². The van der Waals surface area contributed by atoms with Gasteiger partial charge >= 0.3 is 6.18 Å². The Morgan fingerprint density at radius 2 is 2.13 bits per heavy atom. The summed E-state index contributed by atoms with van der Waals surface area (Å²) in [6, 6.07) is 0. The summed E-state index contributed by atoms with van der Waals surface area (Å²) in [5.74, 6) is 2.39. The molecule has 15 heavy (non-hydrogen) atoms. The number of halogens is 3. The minimum atomic E-state index is -4.40. The van der Waals surface area contributed by atoms with E-state index in [1.165, 1.54) is 11.8 Å². The topological polar surface area (TPSA) is 15.6 Å². The smallest absolute Gasteiger partial charge is 0.365 e. The van der Waals surface area contributed by atoms with Crippen molar-refractivity contribution in [3.8, 4) is 12.3 Å². The van der Waals surface area contributed by atoms with Gasteiger partial charge in [-0.2, -0.15) is 13.2 Å². The molecule has 0 amide bonds. The minimum absolute atomic E-state index is 0.472. The summed E-state index contributed by atoms with van der Waals surface area (Å²) in [5.41, 5.74) is -0.907. The van der Waals surface area contributed by atoms with Gasteiger partial charge in [0.05, 0.1) is 6.34 Å². The first-order valence-corrected chi connectivity index (χ1v) is 4.33. The third kappa shape index (κ3) is 5.78. The second-order valence-corrected chi connectivity index (χ2v) is 2.85. The Balaban J connectivity index is 4.33. The maximum Gasteiger partial charge on any atom is 0.433 e. The monoisotopic (exact) mass is 218 g/mol. The average molecular weight is 218 g/mol. The Bertz CT molecular complexity index is 284. The predicted molar refractivity (Wildman–Crippen MR) is 54.4 cm³/mol. The molecule has 0 fully saturated rings. The van der Waals surface area contributed by atoms with Crippen LogP contribution in [0.25, 0.3) is 0 Å². The third-order valence-electron chi connectivity index (χ3n) is 1.57. The van der Waals surface area contributed by atoms with Crippen molar-refractivity contribution >= 4 is 6.34 Å². The maximum atomic E-state index is 12.2. The molecule has 0 spiro atoms. The lowest BCUT2D eigenvalue weighted by molar-refractivity contribution is -0.0924. The summed E-state index contributed by atoms with van der Waals surface area (Å²) >= 11 is 0. The van der Waals surface area contributed by atoms with E-state index >= 15 is 0 Å². The number of allylic oxidation sites excluding steroid dienone is 2. The molecule has 0 rings (SSSR count). The number of hydrogen-bond acceptors (Lipinski definition) is 1. The first-order chi connectivity index (χ1) is 6.91. The lowest BCUT2D eigenvalue weighted by Crippen LogP contribution is -2.18. The van der Waals surface area contributed by atoms with Gasteiger partial charge < -0.3 is 4.90 Å². The van der Waals surface area contributed by atoms with Crippen molar-refractivity contribution < 1.29 is 13.2 Å². The standard InChI is InChI=1S/C10H13F3N2/c1-4-6-7-15(3)8-14-9(5-2)10(11,12)13/h1,5,8H,6-7H2,2-3H3/b9-5+,14-8?. The molecule has 0 aliphatic rings. The molecule has 0 saturated heterocycles. The molecule has 0 saturated carbocycles. The van der Waals surface area contributed by atoms with E-state index in [4.69, 9.17) is 6.42 Å². The van der Waals surface area contributed by atoms with Gasteiger partial charge in [-0.3, -0.25) is 0 Å². The van der Waals surface area contributed by atoms with E-state index in [9.17, 15) is 13.2 Å². The number of aliphatic imine (C=N–C) groups is 1. The van der Waals surface area contributed by atoms with Crippen molar-refractivity contribution in [1.82, 2.24) is 4.90 Å². The summed E-state index contributed by atoms with van der Waals surface area (Å²) in [7, 11) is 1.62. The maximum absolute atomic E-state index is 12.2. The van der Waals surface area contributed by atoms with Crippen LogP contribution in [0.2, 0.25) is 0 Å². The molecule has 0 aromatic carbocycles. The van der Waals surface area contributed by atoms with Crippen LogP contribution < -0.4 is 0 Å². The molecule has 0 N–H and O–H groups in total. The van der Waals surface area contributed by atoms with Crippen LogP contribution in [0.5, 0.6) is 0 Å². The molecular weight excluding hydrogens is 205 g/mol. The third-order valence-corrected chi connectivity index (χ3v) is 1.57. The van der Waals surface area contributed by atoms with E-state index < -0.39 is 11.9 Å². The van der Waals surface area contributed by atoms with E-state index in [0.29, 0.717) is 13.0 Å². The summed E-state index contributed by atoms with van der Waals surface area (Å²) in [4.78, 5) is 4.84.